The zero-order chi connectivity index (χ0) is 17.9. The lowest BCUT2D eigenvalue weighted by Gasteiger charge is -2.24. The highest BCUT2D eigenvalue weighted by Gasteiger charge is 2.17. The van der Waals surface area contributed by atoms with Gasteiger partial charge < -0.3 is 20.1 Å². The first kappa shape index (κ1) is 21.4. The van der Waals surface area contributed by atoms with Gasteiger partial charge in [-0.1, -0.05) is 0 Å². The van der Waals surface area contributed by atoms with E-state index in [1.165, 1.54) is 0 Å². The molecule has 0 saturated carbocycles. The topological polar surface area (TPSA) is 76.7 Å². The molecule has 0 fully saturated rings. The van der Waals surface area contributed by atoms with Crippen LogP contribution in [0.25, 0.3) is 0 Å². The lowest BCUT2D eigenvalue weighted by Crippen LogP contribution is -2.33. The van der Waals surface area contributed by atoms with Gasteiger partial charge in [0.2, 0.25) is 0 Å². The maximum absolute atomic E-state index is 11.5. The molecule has 6 nitrogen and oxygen atoms in total. The quantitative estimate of drug-likeness (QED) is 0.625. The lowest BCUT2D eigenvalue weighted by atomic mass is 10.1. The van der Waals surface area contributed by atoms with Gasteiger partial charge in [-0.25, -0.2) is 0 Å². The van der Waals surface area contributed by atoms with Gasteiger partial charge in [0, 0.05) is 38.6 Å². The number of ether oxygens (including phenoxy) is 2. The van der Waals surface area contributed by atoms with Crippen molar-refractivity contribution in [3.05, 3.63) is 0 Å². The average Bonchev–Trinajstić information content (AvgIpc) is 2.44. The molecule has 0 aliphatic rings. The molecule has 0 unspecified atom stereocenters. The van der Waals surface area contributed by atoms with Crippen molar-refractivity contribution in [3.63, 3.8) is 0 Å². The Labute approximate surface area is 139 Å². The van der Waals surface area contributed by atoms with Crippen LogP contribution in [-0.2, 0) is 19.1 Å². The minimum atomic E-state index is -0.471. The third-order valence-electron chi connectivity index (χ3n) is 3.40. The van der Waals surface area contributed by atoms with Crippen LogP contribution in [0, 0.1) is 11.8 Å². The van der Waals surface area contributed by atoms with Gasteiger partial charge in [0.25, 0.3) is 11.8 Å². The summed E-state index contributed by atoms with van der Waals surface area (Å²) in [4.78, 5) is 23.1. The number of hydrogen-bond acceptors (Lipinski definition) is 4. The zero-order valence-electron chi connectivity index (χ0n) is 15.2. The Hall–Kier alpha value is -1.58. The summed E-state index contributed by atoms with van der Waals surface area (Å²) in [6.07, 6.45) is 1.34. The van der Waals surface area contributed by atoms with Crippen LogP contribution in [0.5, 0.6) is 0 Å². The Bertz CT molecular complexity index is 447. The number of hydrogen-bond donors (Lipinski definition) is 2. The summed E-state index contributed by atoms with van der Waals surface area (Å²) < 4.78 is 10.8. The Morgan fingerprint density at radius 1 is 0.913 bits per heavy atom. The fourth-order valence-electron chi connectivity index (χ4n) is 1.72. The van der Waals surface area contributed by atoms with E-state index >= 15 is 0 Å². The molecule has 0 aromatic heterocycles. The normalized spacial score (nSPS) is 11.4. The van der Waals surface area contributed by atoms with E-state index in [9.17, 15) is 9.59 Å². The van der Waals surface area contributed by atoms with Crippen molar-refractivity contribution < 1.29 is 19.1 Å². The Kier molecular flexibility index (Phi) is 9.54. The first-order valence-electron chi connectivity index (χ1n) is 7.88. The summed E-state index contributed by atoms with van der Waals surface area (Å²) >= 11 is 0. The van der Waals surface area contributed by atoms with Crippen molar-refractivity contribution in [1.29, 1.82) is 0 Å². The third kappa shape index (κ3) is 11.6. The maximum Gasteiger partial charge on any atom is 0.296 e. The van der Waals surface area contributed by atoms with E-state index < -0.39 is 11.8 Å². The Morgan fingerprint density at radius 3 is 1.74 bits per heavy atom. The zero-order valence-corrected chi connectivity index (χ0v) is 15.2. The second-order valence-corrected chi connectivity index (χ2v) is 6.42. The monoisotopic (exact) mass is 326 g/mol. The van der Waals surface area contributed by atoms with Crippen molar-refractivity contribution in [2.75, 3.05) is 26.8 Å². The molecule has 0 aliphatic heterocycles. The van der Waals surface area contributed by atoms with Crippen molar-refractivity contribution in [3.8, 4) is 11.8 Å². The van der Waals surface area contributed by atoms with Gasteiger partial charge in [-0.05, 0) is 47.5 Å². The van der Waals surface area contributed by atoms with Gasteiger partial charge in [-0.15, -0.1) is 0 Å². The van der Waals surface area contributed by atoms with Crippen molar-refractivity contribution in [2.45, 2.75) is 58.7 Å². The smallest absolute Gasteiger partial charge is 0.296 e. The van der Waals surface area contributed by atoms with Crippen molar-refractivity contribution in [1.82, 2.24) is 10.6 Å². The molecule has 0 heterocycles. The second-order valence-electron chi connectivity index (χ2n) is 6.42. The van der Waals surface area contributed by atoms with Crippen LogP contribution in [0.3, 0.4) is 0 Å². The largest absolute Gasteiger partial charge is 0.379 e. The fraction of sp³-hybridized carbons (Fsp3) is 0.765. The maximum atomic E-state index is 11.5. The van der Waals surface area contributed by atoms with Crippen LogP contribution in [0.2, 0.25) is 0 Å². The van der Waals surface area contributed by atoms with Crippen LogP contribution in [0.15, 0.2) is 0 Å². The second kappa shape index (κ2) is 10.2. The van der Waals surface area contributed by atoms with E-state index in [4.69, 9.17) is 9.47 Å². The number of methoxy groups -OCH3 is 1. The van der Waals surface area contributed by atoms with Crippen LogP contribution < -0.4 is 10.6 Å². The van der Waals surface area contributed by atoms with Gasteiger partial charge in [0.1, 0.15) is 0 Å². The van der Waals surface area contributed by atoms with Crippen molar-refractivity contribution >= 4 is 11.8 Å². The van der Waals surface area contributed by atoms with E-state index in [1.807, 2.05) is 34.6 Å². The molecule has 132 valence electrons. The summed E-state index contributed by atoms with van der Waals surface area (Å²) in [5.41, 5.74) is -0.591. The molecule has 2 N–H and O–H groups in total. The Balaban J connectivity index is 4.03. The molecule has 0 aromatic carbocycles. The van der Waals surface area contributed by atoms with Gasteiger partial charge in [-0.2, -0.15) is 0 Å². The molecule has 2 amide bonds. The number of rotatable bonds is 9. The van der Waals surface area contributed by atoms with Crippen LogP contribution in [0.1, 0.15) is 47.5 Å². The number of amides is 2. The lowest BCUT2D eigenvalue weighted by molar-refractivity contribution is -0.117. The molecule has 0 rings (SSSR count). The van der Waals surface area contributed by atoms with E-state index in [1.54, 1.807) is 7.11 Å². The van der Waals surface area contributed by atoms with E-state index in [0.29, 0.717) is 32.5 Å². The molecular weight excluding hydrogens is 296 g/mol. The molecule has 0 atom stereocenters. The molecule has 6 heteroatoms. The SMILES string of the molecule is CCOC(C)(C)CCNC(=O)C#CC(=O)NCCC(C)(C)OC. The first-order valence-corrected chi connectivity index (χ1v) is 7.88. The molecule has 0 spiro atoms. The van der Waals surface area contributed by atoms with Crippen LogP contribution in [-0.4, -0.2) is 49.8 Å². The van der Waals surface area contributed by atoms with Gasteiger partial charge >= 0.3 is 0 Å². The summed E-state index contributed by atoms with van der Waals surface area (Å²) in [5, 5.41) is 5.28. The minimum absolute atomic E-state index is 0.291. The highest BCUT2D eigenvalue weighted by molar-refractivity contribution is 6.02. The predicted molar refractivity (Wildman–Crippen MR) is 89.8 cm³/mol. The first-order chi connectivity index (χ1) is 10.6. The average molecular weight is 326 g/mol. The van der Waals surface area contributed by atoms with Gasteiger partial charge in [0.05, 0.1) is 11.2 Å². The molecule has 0 radical (unpaired) electrons. The Morgan fingerprint density at radius 2 is 1.35 bits per heavy atom. The van der Waals surface area contributed by atoms with Gasteiger partial charge in [-0.3, -0.25) is 9.59 Å². The summed E-state index contributed by atoms with van der Waals surface area (Å²) in [5.74, 6) is 3.61. The molecule has 0 aliphatic carbocycles. The standard InChI is InChI=1S/C17H30N2O4/c1-7-23-17(4,5)11-13-19-15(21)9-8-14(20)18-12-10-16(2,3)22-6/h7,10-13H2,1-6H3,(H,18,20)(H,19,21). The van der Waals surface area contributed by atoms with Crippen LogP contribution in [0.4, 0.5) is 0 Å². The van der Waals surface area contributed by atoms with Crippen molar-refractivity contribution in [2.24, 2.45) is 0 Å². The fourth-order valence-corrected chi connectivity index (χ4v) is 1.72. The number of carbonyl (C=O) groups is 2. The number of carbonyl (C=O) groups excluding carboxylic acids is 2. The summed E-state index contributed by atoms with van der Waals surface area (Å²) in [7, 11) is 1.62. The molecular formula is C17H30N2O4. The van der Waals surface area contributed by atoms with E-state index in [0.717, 1.165) is 0 Å². The molecule has 0 saturated heterocycles. The predicted octanol–water partition coefficient (Wildman–Crippen LogP) is 1.24. The highest BCUT2D eigenvalue weighted by Crippen LogP contribution is 2.12. The molecule has 23 heavy (non-hydrogen) atoms. The highest BCUT2D eigenvalue weighted by atomic mass is 16.5. The number of nitrogens with one attached hydrogen (secondary N) is 2. The molecule has 0 bridgehead atoms. The summed E-state index contributed by atoms with van der Waals surface area (Å²) in [6.45, 7) is 11.2. The van der Waals surface area contributed by atoms with Crippen LogP contribution >= 0.6 is 0 Å². The van der Waals surface area contributed by atoms with E-state index in [-0.39, 0.29) is 11.2 Å². The van der Waals surface area contributed by atoms with E-state index in [2.05, 4.69) is 22.5 Å². The minimum Gasteiger partial charge on any atom is -0.379 e. The molecule has 0 aromatic rings. The summed E-state index contributed by atoms with van der Waals surface area (Å²) in [6, 6.07) is 0. The van der Waals surface area contributed by atoms with Gasteiger partial charge in [0.15, 0.2) is 0 Å². The third-order valence-corrected chi connectivity index (χ3v) is 3.40.